The molecule has 5 unspecified atom stereocenters. The third kappa shape index (κ3) is 2.89. The van der Waals surface area contributed by atoms with Gasteiger partial charge in [-0.25, -0.2) is 0 Å². The molecule has 0 amide bonds. The predicted octanol–water partition coefficient (Wildman–Crippen LogP) is 5.15. The molecule has 4 aliphatic rings. The van der Waals surface area contributed by atoms with Crippen molar-refractivity contribution in [2.24, 2.45) is 17.3 Å². The average Bonchev–Trinajstić information content (AvgIpc) is 3.01. The number of carbonyl (C=O) groups is 2. The second kappa shape index (κ2) is 6.77. The standard InChI is InChI=1S/C26H30O3/c1-15(27)16-3-5-17(6-4-16)22-14-26(2)23(11-12-24(26)29)21-9-7-18-13-19(28)8-10-20(18)25(21)22/h3-6,13,21-24,29H,7-12,14H2,1-2H3. The van der Waals surface area contributed by atoms with E-state index in [4.69, 9.17) is 0 Å². The monoisotopic (exact) mass is 390 g/mol. The fourth-order valence-electron chi connectivity index (χ4n) is 6.88. The lowest BCUT2D eigenvalue weighted by atomic mass is 9.53. The van der Waals surface area contributed by atoms with Crippen LogP contribution in [-0.4, -0.2) is 22.8 Å². The van der Waals surface area contributed by atoms with Crippen molar-refractivity contribution in [1.29, 1.82) is 0 Å². The molecule has 0 radical (unpaired) electrons. The van der Waals surface area contributed by atoms with Crippen LogP contribution >= 0.6 is 0 Å². The SMILES string of the molecule is CC(=O)c1ccc(C2CC3(C)C(O)CCC3C3CCC4=CC(=O)CCC4=C23)cc1. The van der Waals surface area contributed by atoms with E-state index in [1.54, 1.807) is 12.5 Å². The molecule has 1 N–H and O–H groups in total. The topological polar surface area (TPSA) is 54.4 Å². The number of hydrogen-bond acceptors (Lipinski definition) is 3. The highest BCUT2D eigenvalue weighted by molar-refractivity contribution is 5.94. The number of benzene rings is 1. The first-order chi connectivity index (χ1) is 13.9. The Morgan fingerprint density at radius 2 is 1.83 bits per heavy atom. The Labute approximate surface area is 172 Å². The molecule has 0 heterocycles. The van der Waals surface area contributed by atoms with Crippen molar-refractivity contribution in [3.63, 3.8) is 0 Å². The molecule has 0 aliphatic heterocycles. The molecule has 0 saturated heterocycles. The van der Waals surface area contributed by atoms with Crippen molar-refractivity contribution in [2.75, 3.05) is 0 Å². The molecule has 0 bridgehead atoms. The highest BCUT2D eigenvalue weighted by Gasteiger charge is 2.56. The van der Waals surface area contributed by atoms with Crippen LogP contribution in [-0.2, 0) is 4.79 Å². The maximum absolute atomic E-state index is 12.0. The first-order valence-corrected chi connectivity index (χ1v) is 11.1. The predicted molar refractivity (Wildman–Crippen MR) is 113 cm³/mol. The first kappa shape index (κ1) is 19.0. The Hall–Kier alpha value is -2.00. The third-order valence-corrected chi connectivity index (χ3v) is 8.40. The van der Waals surface area contributed by atoms with E-state index in [1.165, 1.54) is 16.7 Å². The molecule has 152 valence electrons. The molecule has 0 aromatic heterocycles. The second-order valence-corrected chi connectivity index (χ2v) is 9.86. The van der Waals surface area contributed by atoms with E-state index in [9.17, 15) is 14.7 Å². The van der Waals surface area contributed by atoms with Crippen LogP contribution in [0.1, 0.15) is 80.6 Å². The number of aliphatic hydroxyl groups is 1. The fourth-order valence-corrected chi connectivity index (χ4v) is 6.88. The van der Waals surface area contributed by atoms with Crippen molar-refractivity contribution < 1.29 is 14.7 Å². The Balaban J connectivity index is 1.65. The molecule has 2 fully saturated rings. The number of allylic oxidation sites excluding steroid dienone is 4. The number of hydrogen-bond donors (Lipinski definition) is 1. The Bertz CT molecular complexity index is 935. The summed E-state index contributed by atoms with van der Waals surface area (Å²) in [5, 5.41) is 10.9. The summed E-state index contributed by atoms with van der Waals surface area (Å²) in [6.45, 7) is 3.90. The molecule has 5 rings (SSSR count). The minimum atomic E-state index is -0.233. The van der Waals surface area contributed by atoms with E-state index in [0.29, 0.717) is 18.3 Å². The Kier molecular flexibility index (Phi) is 4.43. The van der Waals surface area contributed by atoms with E-state index >= 15 is 0 Å². The maximum atomic E-state index is 12.0. The maximum Gasteiger partial charge on any atom is 0.159 e. The van der Waals surface area contributed by atoms with Gasteiger partial charge in [0.15, 0.2) is 11.6 Å². The number of fused-ring (bicyclic) bond motifs is 4. The van der Waals surface area contributed by atoms with Gasteiger partial charge in [-0.2, -0.15) is 0 Å². The Morgan fingerprint density at radius 1 is 1.07 bits per heavy atom. The van der Waals surface area contributed by atoms with Gasteiger partial charge in [-0.1, -0.05) is 36.8 Å². The summed E-state index contributed by atoms with van der Waals surface area (Å²) in [5.74, 6) is 1.66. The lowest BCUT2D eigenvalue weighted by Gasteiger charge is -2.52. The zero-order valence-corrected chi connectivity index (χ0v) is 17.4. The minimum Gasteiger partial charge on any atom is -0.393 e. The Morgan fingerprint density at radius 3 is 2.55 bits per heavy atom. The first-order valence-electron chi connectivity index (χ1n) is 11.1. The van der Waals surface area contributed by atoms with Crippen LogP contribution in [0, 0.1) is 17.3 Å². The highest BCUT2D eigenvalue weighted by atomic mass is 16.3. The largest absolute Gasteiger partial charge is 0.393 e. The van der Waals surface area contributed by atoms with Crippen LogP contribution in [0.2, 0.25) is 0 Å². The number of ketones is 2. The molecule has 4 aliphatic carbocycles. The molecule has 3 nitrogen and oxygen atoms in total. The second-order valence-electron chi connectivity index (χ2n) is 9.86. The van der Waals surface area contributed by atoms with Crippen LogP contribution in [0.25, 0.3) is 0 Å². The van der Waals surface area contributed by atoms with E-state index in [0.717, 1.165) is 44.1 Å². The normalized spacial score (nSPS) is 36.2. The lowest BCUT2D eigenvalue weighted by Crippen LogP contribution is -2.45. The third-order valence-electron chi connectivity index (χ3n) is 8.40. The van der Waals surface area contributed by atoms with Crippen molar-refractivity contribution in [3.8, 4) is 0 Å². The number of Topliss-reactive ketones (excluding diaryl/α,β-unsaturated/α-hetero) is 1. The van der Waals surface area contributed by atoms with E-state index in [1.807, 2.05) is 18.2 Å². The molecular weight excluding hydrogens is 360 g/mol. The summed E-state index contributed by atoms with van der Waals surface area (Å²) in [7, 11) is 0. The van der Waals surface area contributed by atoms with Gasteiger partial charge in [0.2, 0.25) is 0 Å². The van der Waals surface area contributed by atoms with Crippen LogP contribution in [0.15, 0.2) is 47.1 Å². The summed E-state index contributed by atoms with van der Waals surface area (Å²) in [6, 6.07) is 8.12. The van der Waals surface area contributed by atoms with Crippen molar-refractivity contribution in [1.82, 2.24) is 0 Å². The summed E-state index contributed by atoms with van der Waals surface area (Å²) in [5.41, 5.74) is 6.19. The minimum absolute atomic E-state index is 0.0512. The lowest BCUT2D eigenvalue weighted by molar-refractivity contribution is -0.114. The smallest absolute Gasteiger partial charge is 0.159 e. The number of rotatable bonds is 2. The van der Waals surface area contributed by atoms with E-state index in [2.05, 4.69) is 19.1 Å². The summed E-state index contributed by atoms with van der Waals surface area (Å²) >= 11 is 0. The van der Waals surface area contributed by atoms with Crippen molar-refractivity contribution in [3.05, 3.63) is 58.2 Å². The van der Waals surface area contributed by atoms with Gasteiger partial charge in [-0.15, -0.1) is 0 Å². The van der Waals surface area contributed by atoms with Crippen molar-refractivity contribution >= 4 is 11.6 Å². The van der Waals surface area contributed by atoms with Crippen LogP contribution < -0.4 is 0 Å². The van der Waals surface area contributed by atoms with Gasteiger partial charge in [0.05, 0.1) is 6.10 Å². The van der Waals surface area contributed by atoms with Gasteiger partial charge in [0, 0.05) is 17.9 Å². The highest BCUT2D eigenvalue weighted by Crippen LogP contribution is 2.63. The van der Waals surface area contributed by atoms with Crippen LogP contribution in [0.3, 0.4) is 0 Å². The molecule has 2 saturated carbocycles. The average molecular weight is 391 g/mol. The quantitative estimate of drug-likeness (QED) is 0.711. The van der Waals surface area contributed by atoms with Gasteiger partial charge < -0.3 is 5.11 Å². The molecule has 0 spiro atoms. The molecule has 1 aromatic rings. The van der Waals surface area contributed by atoms with Gasteiger partial charge in [0.1, 0.15) is 0 Å². The van der Waals surface area contributed by atoms with Crippen molar-refractivity contribution in [2.45, 2.75) is 70.8 Å². The van der Waals surface area contributed by atoms with Gasteiger partial charge in [-0.05, 0) is 85.5 Å². The fraction of sp³-hybridized carbons (Fsp3) is 0.538. The summed E-state index contributed by atoms with van der Waals surface area (Å²) < 4.78 is 0. The number of aliphatic hydroxyl groups excluding tert-OH is 1. The molecular formula is C26H30O3. The zero-order chi connectivity index (χ0) is 20.3. The van der Waals surface area contributed by atoms with Crippen LogP contribution in [0.5, 0.6) is 0 Å². The van der Waals surface area contributed by atoms with Gasteiger partial charge >= 0.3 is 0 Å². The number of carbonyl (C=O) groups excluding carboxylic acids is 2. The van der Waals surface area contributed by atoms with Gasteiger partial charge in [0.25, 0.3) is 0 Å². The zero-order valence-electron chi connectivity index (χ0n) is 17.4. The van der Waals surface area contributed by atoms with E-state index < -0.39 is 0 Å². The van der Waals surface area contributed by atoms with Crippen LogP contribution in [0.4, 0.5) is 0 Å². The molecule has 1 aromatic carbocycles. The van der Waals surface area contributed by atoms with E-state index in [-0.39, 0.29) is 29.0 Å². The summed E-state index contributed by atoms with van der Waals surface area (Å²) in [4.78, 5) is 23.8. The molecule has 5 atom stereocenters. The summed E-state index contributed by atoms with van der Waals surface area (Å²) in [6.07, 6.45) is 8.19. The van der Waals surface area contributed by atoms with Gasteiger partial charge in [-0.3, -0.25) is 9.59 Å². The molecule has 3 heteroatoms. The molecule has 29 heavy (non-hydrogen) atoms.